The van der Waals surface area contributed by atoms with Crippen molar-refractivity contribution < 1.29 is 9.47 Å². The van der Waals surface area contributed by atoms with Crippen LogP contribution < -0.4 is 15.2 Å². The summed E-state index contributed by atoms with van der Waals surface area (Å²) >= 11 is 0. The summed E-state index contributed by atoms with van der Waals surface area (Å²) in [7, 11) is 3.65. The van der Waals surface area contributed by atoms with E-state index in [-0.39, 0.29) is 5.41 Å². The summed E-state index contributed by atoms with van der Waals surface area (Å²) < 4.78 is 11.8. The summed E-state index contributed by atoms with van der Waals surface area (Å²) in [5.74, 6) is 3.56. The molecule has 2 saturated carbocycles. The highest BCUT2D eigenvalue weighted by molar-refractivity contribution is 5.62. The average Bonchev–Trinajstić information content (AvgIpc) is 3.23. The van der Waals surface area contributed by atoms with Gasteiger partial charge >= 0.3 is 0 Å². The maximum atomic E-state index is 6.31. The SMILES string of the molecule is COc1cc(C2(CN)CCCCC2)c(OC)c2c1C1CCC2C1. The van der Waals surface area contributed by atoms with Crippen LogP contribution in [0.25, 0.3) is 0 Å². The number of ether oxygens (including phenoxy) is 2. The maximum absolute atomic E-state index is 6.31. The van der Waals surface area contributed by atoms with Crippen molar-refractivity contribution in [1.82, 2.24) is 0 Å². The van der Waals surface area contributed by atoms with Gasteiger partial charge in [0, 0.05) is 28.7 Å². The molecule has 2 fully saturated rings. The second kappa shape index (κ2) is 5.70. The number of methoxy groups -OCH3 is 2. The van der Waals surface area contributed by atoms with Gasteiger partial charge in [-0.05, 0) is 50.0 Å². The van der Waals surface area contributed by atoms with Gasteiger partial charge < -0.3 is 15.2 Å². The van der Waals surface area contributed by atoms with E-state index in [0.717, 1.165) is 11.5 Å². The van der Waals surface area contributed by atoms with Gasteiger partial charge in [0.25, 0.3) is 0 Å². The molecule has 3 nitrogen and oxygen atoms in total. The van der Waals surface area contributed by atoms with Gasteiger partial charge in [-0.3, -0.25) is 0 Å². The normalized spacial score (nSPS) is 27.8. The first-order chi connectivity index (χ1) is 11.2. The number of fused-ring (bicyclic) bond motifs is 5. The fraction of sp³-hybridized carbons (Fsp3) is 0.700. The fourth-order valence-corrected chi connectivity index (χ4v) is 5.60. The van der Waals surface area contributed by atoms with Crippen LogP contribution in [0.3, 0.4) is 0 Å². The van der Waals surface area contributed by atoms with Gasteiger partial charge in [-0.1, -0.05) is 19.3 Å². The first kappa shape index (κ1) is 15.3. The molecule has 3 aliphatic rings. The van der Waals surface area contributed by atoms with Crippen LogP contribution >= 0.6 is 0 Å². The number of rotatable bonds is 4. The van der Waals surface area contributed by atoms with Crippen LogP contribution in [0.5, 0.6) is 11.5 Å². The van der Waals surface area contributed by atoms with Gasteiger partial charge in [-0.15, -0.1) is 0 Å². The highest BCUT2D eigenvalue weighted by Gasteiger charge is 2.45. The van der Waals surface area contributed by atoms with E-state index >= 15 is 0 Å². The van der Waals surface area contributed by atoms with Crippen LogP contribution in [0, 0.1) is 0 Å². The molecule has 126 valence electrons. The average molecular weight is 315 g/mol. The summed E-state index contributed by atoms with van der Waals surface area (Å²) in [6.07, 6.45) is 10.1. The van der Waals surface area contributed by atoms with Crippen molar-refractivity contribution in [3.05, 3.63) is 22.8 Å². The molecule has 0 heterocycles. The predicted octanol–water partition coefficient (Wildman–Crippen LogP) is 4.23. The molecule has 23 heavy (non-hydrogen) atoms. The summed E-state index contributed by atoms with van der Waals surface area (Å²) in [6, 6.07) is 2.27. The monoisotopic (exact) mass is 315 g/mol. The van der Waals surface area contributed by atoms with Gasteiger partial charge in [0.15, 0.2) is 0 Å². The maximum Gasteiger partial charge on any atom is 0.126 e. The Balaban J connectivity index is 1.92. The molecule has 2 atom stereocenters. The van der Waals surface area contributed by atoms with Gasteiger partial charge in [-0.25, -0.2) is 0 Å². The van der Waals surface area contributed by atoms with E-state index in [2.05, 4.69) is 6.07 Å². The Labute approximate surface area is 139 Å². The van der Waals surface area contributed by atoms with E-state index in [1.807, 2.05) is 14.2 Å². The predicted molar refractivity (Wildman–Crippen MR) is 92.7 cm³/mol. The molecule has 0 saturated heterocycles. The van der Waals surface area contributed by atoms with Crippen LogP contribution in [-0.2, 0) is 5.41 Å². The molecule has 3 aliphatic carbocycles. The Morgan fingerprint density at radius 1 is 1.04 bits per heavy atom. The molecule has 2 unspecified atom stereocenters. The van der Waals surface area contributed by atoms with Crippen molar-refractivity contribution >= 4 is 0 Å². The minimum atomic E-state index is 0.0771. The van der Waals surface area contributed by atoms with Gasteiger partial charge in [0.2, 0.25) is 0 Å². The van der Waals surface area contributed by atoms with Gasteiger partial charge in [0.05, 0.1) is 14.2 Å². The lowest BCUT2D eigenvalue weighted by molar-refractivity contribution is 0.284. The van der Waals surface area contributed by atoms with Crippen molar-refractivity contribution in [2.75, 3.05) is 20.8 Å². The van der Waals surface area contributed by atoms with Crippen LogP contribution in [0.1, 0.15) is 79.9 Å². The molecule has 1 aromatic carbocycles. The lowest BCUT2D eigenvalue weighted by Gasteiger charge is -2.39. The van der Waals surface area contributed by atoms with Gasteiger partial charge in [-0.2, -0.15) is 0 Å². The molecule has 0 spiro atoms. The molecule has 0 amide bonds. The van der Waals surface area contributed by atoms with Crippen molar-refractivity contribution in [1.29, 1.82) is 0 Å². The molecule has 4 rings (SSSR count). The molecule has 0 aromatic heterocycles. The Hall–Kier alpha value is -1.22. The van der Waals surface area contributed by atoms with E-state index in [4.69, 9.17) is 15.2 Å². The van der Waals surface area contributed by atoms with E-state index in [1.165, 1.54) is 68.1 Å². The Morgan fingerprint density at radius 2 is 1.74 bits per heavy atom. The van der Waals surface area contributed by atoms with Gasteiger partial charge in [0.1, 0.15) is 11.5 Å². The molecule has 0 aliphatic heterocycles. The number of nitrogens with two attached hydrogens (primary N) is 1. The molecule has 0 radical (unpaired) electrons. The molecule has 1 aromatic rings. The zero-order valence-electron chi connectivity index (χ0n) is 14.5. The molecular formula is C20H29NO2. The molecular weight excluding hydrogens is 286 g/mol. The van der Waals surface area contributed by atoms with Crippen molar-refractivity contribution in [3.63, 3.8) is 0 Å². The van der Waals surface area contributed by atoms with Crippen LogP contribution in [-0.4, -0.2) is 20.8 Å². The quantitative estimate of drug-likeness (QED) is 0.904. The topological polar surface area (TPSA) is 44.5 Å². The molecule has 2 bridgehead atoms. The minimum absolute atomic E-state index is 0.0771. The third-order valence-corrected chi connectivity index (χ3v) is 6.77. The number of benzene rings is 1. The standard InChI is InChI=1S/C20H29NO2/c1-22-16-11-15(20(12-21)8-4-3-5-9-20)19(23-2)18-14-7-6-13(10-14)17(16)18/h11,13-14H,3-10,12,21H2,1-2H3. The smallest absolute Gasteiger partial charge is 0.126 e. The lowest BCUT2D eigenvalue weighted by Crippen LogP contribution is -2.37. The zero-order valence-corrected chi connectivity index (χ0v) is 14.5. The highest BCUT2D eigenvalue weighted by Crippen LogP contribution is 2.61. The van der Waals surface area contributed by atoms with E-state index in [0.29, 0.717) is 18.4 Å². The first-order valence-electron chi connectivity index (χ1n) is 9.23. The third kappa shape index (κ3) is 2.12. The Bertz CT molecular complexity index is 604. The summed E-state index contributed by atoms with van der Waals surface area (Å²) in [5, 5.41) is 0. The van der Waals surface area contributed by atoms with Crippen LogP contribution in [0.4, 0.5) is 0 Å². The summed E-state index contributed by atoms with van der Waals surface area (Å²) in [6.45, 7) is 0.708. The second-order valence-corrected chi connectivity index (χ2v) is 7.74. The van der Waals surface area contributed by atoms with Crippen LogP contribution in [0.15, 0.2) is 6.07 Å². The second-order valence-electron chi connectivity index (χ2n) is 7.74. The summed E-state index contributed by atoms with van der Waals surface area (Å²) in [4.78, 5) is 0. The Kier molecular flexibility index (Phi) is 3.79. The van der Waals surface area contributed by atoms with E-state index in [9.17, 15) is 0 Å². The Morgan fingerprint density at radius 3 is 2.35 bits per heavy atom. The molecule has 3 heteroatoms. The zero-order chi connectivity index (χ0) is 16.0. The third-order valence-electron chi connectivity index (χ3n) is 6.77. The first-order valence-corrected chi connectivity index (χ1v) is 9.23. The fourth-order valence-electron chi connectivity index (χ4n) is 5.60. The van der Waals surface area contributed by atoms with E-state index < -0.39 is 0 Å². The van der Waals surface area contributed by atoms with Crippen molar-refractivity contribution in [2.45, 2.75) is 68.6 Å². The number of hydrogen-bond acceptors (Lipinski definition) is 3. The van der Waals surface area contributed by atoms with Crippen LogP contribution in [0.2, 0.25) is 0 Å². The summed E-state index contributed by atoms with van der Waals surface area (Å²) in [5.41, 5.74) is 10.6. The minimum Gasteiger partial charge on any atom is -0.496 e. The molecule has 2 N–H and O–H groups in total. The number of hydrogen-bond donors (Lipinski definition) is 1. The lowest BCUT2D eigenvalue weighted by atomic mass is 9.68. The highest BCUT2D eigenvalue weighted by atomic mass is 16.5. The van der Waals surface area contributed by atoms with E-state index in [1.54, 1.807) is 0 Å². The van der Waals surface area contributed by atoms with Crippen molar-refractivity contribution in [2.24, 2.45) is 5.73 Å². The largest absolute Gasteiger partial charge is 0.496 e. The van der Waals surface area contributed by atoms with Crippen molar-refractivity contribution in [3.8, 4) is 11.5 Å².